The van der Waals surface area contributed by atoms with Crippen molar-refractivity contribution in [3.8, 4) is 22.8 Å². The number of carbonyl (C=O) groups excluding carboxylic acids is 1. The van der Waals surface area contributed by atoms with Crippen LogP contribution in [-0.2, 0) is 11.2 Å². The van der Waals surface area contributed by atoms with Crippen molar-refractivity contribution >= 4 is 45.6 Å². The molecule has 0 spiro atoms. The standard InChI is InChI=1S/C20H18Cl2N2O3S/c1-26-17-7-3-12(9-18(17)27-2)4-8-19(25)24-20-23-16(11-28-20)14-6-5-13(21)10-15(14)22/h3,5-7,9-11H,4,8H2,1-2H3,(H,23,24,25). The first kappa shape index (κ1) is 20.5. The van der Waals surface area contributed by atoms with Gasteiger partial charge in [-0.1, -0.05) is 29.3 Å². The van der Waals surface area contributed by atoms with E-state index in [9.17, 15) is 4.79 Å². The second-order valence-electron chi connectivity index (χ2n) is 5.90. The van der Waals surface area contributed by atoms with Crippen LogP contribution in [0.1, 0.15) is 12.0 Å². The zero-order valence-corrected chi connectivity index (χ0v) is 17.6. The molecule has 0 aliphatic heterocycles. The predicted octanol–water partition coefficient (Wildman–Crippen LogP) is 5.71. The minimum absolute atomic E-state index is 0.113. The van der Waals surface area contributed by atoms with Crippen LogP contribution in [0.2, 0.25) is 10.0 Å². The minimum atomic E-state index is -0.113. The summed E-state index contributed by atoms with van der Waals surface area (Å²) in [6.45, 7) is 0. The summed E-state index contributed by atoms with van der Waals surface area (Å²) in [5.74, 6) is 1.19. The van der Waals surface area contributed by atoms with E-state index in [0.29, 0.717) is 45.2 Å². The third-order valence-corrected chi connectivity index (χ3v) is 5.35. The van der Waals surface area contributed by atoms with E-state index in [1.54, 1.807) is 26.4 Å². The van der Waals surface area contributed by atoms with E-state index in [1.165, 1.54) is 11.3 Å². The molecule has 0 saturated carbocycles. The van der Waals surface area contributed by atoms with E-state index >= 15 is 0 Å². The van der Waals surface area contributed by atoms with E-state index < -0.39 is 0 Å². The molecule has 3 rings (SSSR count). The summed E-state index contributed by atoms with van der Waals surface area (Å²) in [4.78, 5) is 16.7. The van der Waals surface area contributed by atoms with Gasteiger partial charge in [0.15, 0.2) is 16.6 Å². The number of benzene rings is 2. The number of halogens is 2. The third-order valence-electron chi connectivity index (χ3n) is 4.05. The zero-order valence-electron chi connectivity index (χ0n) is 15.3. The number of methoxy groups -OCH3 is 2. The Morgan fingerprint density at radius 3 is 2.61 bits per heavy atom. The molecule has 0 aliphatic carbocycles. The van der Waals surface area contributed by atoms with Gasteiger partial charge in [0.05, 0.1) is 24.9 Å². The number of aryl methyl sites for hydroxylation is 1. The van der Waals surface area contributed by atoms with Gasteiger partial charge >= 0.3 is 0 Å². The average molecular weight is 437 g/mol. The van der Waals surface area contributed by atoms with Gasteiger partial charge in [0.2, 0.25) is 5.91 Å². The maximum absolute atomic E-state index is 12.3. The third kappa shape index (κ3) is 4.95. The van der Waals surface area contributed by atoms with Crippen molar-refractivity contribution in [3.05, 3.63) is 57.4 Å². The van der Waals surface area contributed by atoms with Gasteiger partial charge < -0.3 is 14.8 Å². The Morgan fingerprint density at radius 1 is 1.11 bits per heavy atom. The number of carbonyl (C=O) groups is 1. The maximum Gasteiger partial charge on any atom is 0.226 e. The number of amides is 1. The van der Waals surface area contributed by atoms with Crippen LogP contribution in [0.3, 0.4) is 0 Å². The first-order valence-corrected chi connectivity index (χ1v) is 10.1. The second kappa shape index (κ2) is 9.28. The molecule has 0 unspecified atom stereocenters. The van der Waals surface area contributed by atoms with Crippen LogP contribution >= 0.6 is 34.5 Å². The zero-order chi connectivity index (χ0) is 20.1. The fourth-order valence-electron chi connectivity index (χ4n) is 2.63. The lowest BCUT2D eigenvalue weighted by molar-refractivity contribution is -0.116. The summed E-state index contributed by atoms with van der Waals surface area (Å²) < 4.78 is 10.5. The van der Waals surface area contributed by atoms with Crippen LogP contribution in [0.5, 0.6) is 11.5 Å². The van der Waals surface area contributed by atoms with Crippen molar-refractivity contribution in [1.82, 2.24) is 4.98 Å². The SMILES string of the molecule is COc1ccc(CCC(=O)Nc2nc(-c3ccc(Cl)cc3Cl)cs2)cc1OC. The molecule has 1 N–H and O–H groups in total. The summed E-state index contributed by atoms with van der Waals surface area (Å²) in [6, 6.07) is 10.8. The molecule has 1 aromatic heterocycles. The van der Waals surface area contributed by atoms with Gasteiger partial charge in [-0.05, 0) is 42.3 Å². The van der Waals surface area contributed by atoms with E-state index in [1.807, 2.05) is 29.6 Å². The molecule has 0 saturated heterocycles. The fourth-order valence-corrected chi connectivity index (χ4v) is 3.86. The second-order valence-corrected chi connectivity index (χ2v) is 7.60. The lowest BCUT2D eigenvalue weighted by atomic mass is 10.1. The van der Waals surface area contributed by atoms with E-state index in [0.717, 1.165) is 11.1 Å². The van der Waals surface area contributed by atoms with Crippen molar-refractivity contribution in [2.45, 2.75) is 12.8 Å². The number of hydrogen-bond donors (Lipinski definition) is 1. The highest BCUT2D eigenvalue weighted by Crippen LogP contribution is 2.32. The van der Waals surface area contributed by atoms with Crippen LogP contribution in [0.4, 0.5) is 5.13 Å². The van der Waals surface area contributed by atoms with Crippen molar-refractivity contribution in [2.75, 3.05) is 19.5 Å². The molecule has 8 heteroatoms. The first-order valence-electron chi connectivity index (χ1n) is 8.42. The summed E-state index contributed by atoms with van der Waals surface area (Å²) in [6.07, 6.45) is 0.902. The quantitative estimate of drug-likeness (QED) is 0.515. The predicted molar refractivity (Wildman–Crippen MR) is 114 cm³/mol. The summed E-state index contributed by atoms with van der Waals surface area (Å²) in [7, 11) is 3.17. The van der Waals surface area contributed by atoms with Crippen LogP contribution in [0, 0.1) is 0 Å². The van der Waals surface area contributed by atoms with Gasteiger partial charge in [-0.2, -0.15) is 0 Å². The highest BCUT2D eigenvalue weighted by Gasteiger charge is 2.12. The Labute approximate surface area is 177 Å². The summed E-state index contributed by atoms with van der Waals surface area (Å²) in [5, 5.41) is 6.28. The first-order chi connectivity index (χ1) is 13.5. The Hall–Kier alpha value is -2.28. The molecule has 1 amide bonds. The van der Waals surface area contributed by atoms with Crippen molar-refractivity contribution in [1.29, 1.82) is 0 Å². The van der Waals surface area contributed by atoms with Crippen LogP contribution in [0.15, 0.2) is 41.8 Å². The highest BCUT2D eigenvalue weighted by molar-refractivity contribution is 7.14. The fraction of sp³-hybridized carbons (Fsp3) is 0.200. The van der Waals surface area contributed by atoms with Gasteiger partial charge in [-0.3, -0.25) is 4.79 Å². The normalized spacial score (nSPS) is 10.6. The number of hydrogen-bond acceptors (Lipinski definition) is 5. The van der Waals surface area contributed by atoms with E-state index in [4.69, 9.17) is 32.7 Å². The largest absolute Gasteiger partial charge is 0.493 e. The molecule has 28 heavy (non-hydrogen) atoms. The van der Waals surface area contributed by atoms with E-state index in [2.05, 4.69) is 10.3 Å². The van der Waals surface area contributed by atoms with Gasteiger partial charge in [-0.15, -0.1) is 11.3 Å². The molecule has 3 aromatic rings. The molecular weight excluding hydrogens is 419 g/mol. The molecule has 0 atom stereocenters. The smallest absolute Gasteiger partial charge is 0.226 e. The molecule has 0 fully saturated rings. The van der Waals surface area contributed by atoms with Crippen LogP contribution < -0.4 is 14.8 Å². The maximum atomic E-state index is 12.3. The molecule has 2 aromatic carbocycles. The molecular formula is C20H18Cl2N2O3S. The number of anilines is 1. The Balaban J connectivity index is 1.61. The number of nitrogens with one attached hydrogen (secondary N) is 1. The lowest BCUT2D eigenvalue weighted by Gasteiger charge is -2.09. The van der Waals surface area contributed by atoms with Gasteiger partial charge in [0, 0.05) is 22.4 Å². The number of nitrogens with zero attached hydrogens (tertiary/aromatic N) is 1. The molecule has 0 aliphatic rings. The van der Waals surface area contributed by atoms with Crippen LogP contribution in [-0.4, -0.2) is 25.1 Å². The minimum Gasteiger partial charge on any atom is -0.493 e. The molecule has 0 bridgehead atoms. The van der Waals surface area contributed by atoms with Gasteiger partial charge in [0.1, 0.15) is 0 Å². The lowest BCUT2D eigenvalue weighted by Crippen LogP contribution is -2.12. The number of rotatable bonds is 7. The topological polar surface area (TPSA) is 60.5 Å². The molecule has 5 nitrogen and oxygen atoms in total. The van der Waals surface area contributed by atoms with Gasteiger partial charge in [-0.25, -0.2) is 4.98 Å². The van der Waals surface area contributed by atoms with Crippen molar-refractivity contribution < 1.29 is 14.3 Å². The van der Waals surface area contributed by atoms with Gasteiger partial charge in [0.25, 0.3) is 0 Å². The summed E-state index contributed by atoms with van der Waals surface area (Å²) >= 11 is 13.5. The average Bonchev–Trinajstić information content (AvgIpc) is 3.14. The number of ether oxygens (including phenoxy) is 2. The molecule has 0 radical (unpaired) electrons. The Bertz CT molecular complexity index is 991. The summed E-state index contributed by atoms with van der Waals surface area (Å²) in [5.41, 5.74) is 2.45. The Kier molecular flexibility index (Phi) is 6.78. The van der Waals surface area contributed by atoms with Crippen molar-refractivity contribution in [3.63, 3.8) is 0 Å². The highest BCUT2D eigenvalue weighted by atomic mass is 35.5. The van der Waals surface area contributed by atoms with Crippen LogP contribution in [0.25, 0.3) is 11.3 Å². The number of aromatic nitrogens is 1. The Morgan fingerprint density at radius 2 is 1.89 bits per heavy atom. The molecule has 146 valence electrons. The monoisotopic (exact) mass is 436 g/mol. The van der Waals surface area contributed by atoms with Crippen molar-refractivity contribution in [2.24, 2.45) is 0 Å². The van der Waals surface area contributed by atoms with E-state index in [-0.39, 0.29) is 5.91 Å². The number of thiazole rings is 1. The molecule has 1 heterocycles.